The highest BCUT2D eigenvalue weighted by molar-refractivity contribution is 6.91. The van der Waals surface area contributed by atoms with Crippen LogP contribution in [0, 0.1) is 5.92 Å². The number of aliphatic hydroxyl groups excluding tert-OH is 1. The van der Waals surface area contributed by atoms with E-state index in [9.17, 15) is 19.5 Å². The van der Waals surface area contributed by atoms with E-state index in [2.05, 4.69) is 54.5 Å². The molecule has 0 bridgehead atoms. The van der Waals surface area contributed by atoms with Crippen LogP contribution in [0.25, 0.3) is 0 Å². The molecule has 4 aliphatic heterocycles. The summed E-state index contributed by atoms with van der Waals surface area (Å²) < 4.78 is 12.8. The molecule has 12 heteroatoms. The third-order valence-corrected chi connectivity index (χ3v) is 17.9. The smallest absolute Gasteiger partial charge is 0.264 e. The molecule has 58 heavy (non-hydrogen) atoms. The Morgan fingerprint density at radius 3 is 2.26 bits per heavy atom. The third kappa shape index (κ3) is 6.50. The van der Waals surface area contributed by atoms with E-state index < -0.39 is 25.3 Å². The number of benzene rings is 4. The number of nitrogens with zero attached hydrogens (tertiary/aromatic N) is 4. The van der Waals surface area contributed by atoms with Crippen molar-refractivity contribution in [2.24, 2.45) is 5.92 Å². The summed E-state index contributed by atoms with van der Waals surface area (Å²) in [6, 6.07) is 34.0. The molecule has 4 aromatic carbocycles. The minimum atomic E-state index is -2.54. The van der Waals surface area contributed by atoms with Gasteiger partial charge in [0.1, 0.15) is 11.3 Å². The molecule has 0 aliphatic carbocycles. The number of piperidine rings is 1. The van der Waals surface area contributed by atoms with Crippen molar-refractivity contribution >= 4 is 48.0 Å². The number of rotatable bonds is 11. The van der Waals surface area contributed by atoms with Gasteiger partial charge < -0.3 is 34.6 Å². The van der Waals surface area contributed by atoms with Crippen LogP contribution in [0.4, 0.5) is 17.1 Å². The number of anilines is 3. The van der Waals surface area contributed by atoms with Gasteiger partial charge in [0.05, 0.1) is 46.7 Å². The van der Waals surface area contributed by atoms with E-state index in [4.69, 9.17) is 9.47 Å². The molecule has 3 fully saturated rings. The average Bonchev–Trinajstić information content (AvgIpc) is 3.78. The Kier molecular flexibility index (Phi) is 10.7. The first kappa shape index (κ1) is 39.8. The Balaban J connectivity index is 1.20. The van der Waals surface area contributed by atoms with E-state index in [0.29, 0.717) is 26.1 Å². The van der Waals surface area contributed by atoms with Gasteiger partial charge in [-0.2, -0.15) is 0 Å². The highest BCUT2D eigenvalue weighted by Gasteiger charge is 2.66. The summed E-state index contributed by atoms with van der Waals surface area (Å²) in [5.41, 5.74) is 1.93. The van der Waals surface area contributed by atoms with Crippen molar-refractivity contribution in [1.82, 2.24) is 10.2 Å². The van der Waals surface area contributed by atoms with Gasteiger partial charge in [-0.15, -0.1) is 0 Å². The highest BCUT2D eigenvalue weighted by atomic mass is 28.3. The SMILES string of the molecule is COc1ccc([Si](C)(C)[C@@H]2[C@@H](CC(=O)N(CCO)Cc3ccccc3)O[C@]3(C(=O)N(C)c4ccc(N5CN(c6ccccc6)C6(CCNCC6)C5=O)cc43)[C@H]2C)cc1. The van der Waals surface area contributed by atoms with Gasteiger partial charge in [-0.05, 0) is 79.5 Å². The molecule has 0 saturated carbocycles. The Labute approximate surface area is 342 Å². The van der Waals surface area contributed by atoms with Crippen molar-refractivity contribution in [3.63, 3.8) is 0 Å². The monoisotopic (exact) mass is 801 g/mol. The molecule has 4 aliphatic rings. The second kappa shape index (κ2) is 15.6. The van der Waals surface area contributed by atoms with Gasteiger partial charge >= 0.3 is 0 Å². The minimum Gasteiger partial charge on any atom is -0.497 e. The Morgan fingerprint density at radius 1 is 0.931 bits per heavy atom. The van der Waals surface area contributed by atoms with Crippen LogP contribution < -0.4 is 29.9 Å². The number of hydrogen-bond donors (Lipinski definition) is 2. The van der Waals surface area contributed by atoms with Crippen LogP contribution >= 0.6 is 0 Å². The number of hydrogen-bond acceptors (Lipinski definition) is 8. The summed E-state index contributed by atoms with van der Waals surface area (Å²) in [6.07, 6.45) is 0.825. The fraction of sp³-hybridized carbons (Fsp3) is 0.413. The molecular formula is C46H55N5O6Si. The molecule has 3 saturated heterocycles. The van der Waals surface area contributed by atoms with E-state index >= 15 is 0 Å². The van der Waals surface area contributed by atoms with Crippen molar-refractivity contribution in [3.8, 4) is 5.75 Å². The molecule has 0 unspecified atom stereocenters. The summed E-state index contributed by atoms with van der Waals surface area (Å²) in [7, 11) is 0.898. The van der Waals surface area contributed by atoms with Gasteiger partial charge in [-0.3, -0.25) is 19.3 Å². The van der Waals surface area contributed by atoms with Crippen molar-refractivity contribution in [1.29, 1.82) is 0 Å². The first-order valence-corrected chi connectivity index (χ1v) is 23.6. The van der Waals surface area contributed by atoms with Gasteiger partial charge in [0.2, 0.25) is 5.91 Å². The highest BCUT2D eigenvalue weighted by Crippen LogP contribution is 2.60. The number of methoxy groups -OCH3 is 1. The predicted octanol–water partition coefficient (Wildman–Crippen LogP) is 5.23. The number of likely N-dealkylation sites (N-methyl/N-ethyl adjacent to an activating group) is 1. The number of fused-ring (bicyclic) bond motifs is 2. The second-order valence-corrected chi connectivity index (χ2v) is 21.6. The second-order valence-electron chi connectivity index (χ2n) is 16.9. The molecule has 0 aromatic heterocycles. The molecule has 2 spiro atoms. The summed E-state index contributed by atoms with van der Waals surface area (Å²) in [5, 5.41) is 14.7. The predicted molar refractivity (Wildman–Crippen MR) is 229 cm³/mol. The van der Waals surface area contributed by atoms with Crippen LogP contribution in [-0.4, -0.2) is 94.5 Å². The van der Waals surface area contributed by atoms with Gasteiger partial charge in [0.15, 0.2) is 5.60 Å². The van der Waals surface area contributed by atoms with Crippen molar-refractivity contribution in [3.05, 3.63) is 114 Å². The molecule has 8 rings (SSSR count). The van der Waals surface area contributed by atoms with Gasteiger partial charge in [0.25, 0.3) is 11.8 Å². The lowest BCUT2D eigenvalue weighted by Crippen LogP contribution is -2.55. The topological polar surface area (TPSA) is 115 Å². The Hall–Kier alpha value is -5.01. The zero-order chi connectivity index (χ0) is 40.8. The number of para-hydroxylation sites is 1. The van der Waals surface area contributed by atoms with E-state index in [1.165, 1.54) is 5.19 Å². The third-order valence-electron chi connectivity index (χ3n) is 13.5. The molecule has 4 heterocycles. The van der Waals surface area contributed by atoms with Crippen LogP contribution in [0.2, 0.25) is 18.6 Å². The number of nitrogens with one attached hydrogen (secondary N) is 1. The lowest BCUT2D eigenvalue weighted by molar-refractivity contribution is -0.149. The fourth-order valence-corrected chi connectivity index (χ4v) is 14.5. The van der Waals surface area contributed by atoms with Gasteiger partial charge in [0, 0.05) is 43.0 Å². The van der Waals surface area contributed by atoms with Crippen LogP contribution in [-0.2, 0) is 31.3 Å². The van der Waals surface area contributed by atoms with Crippen LogP contribution in [0.15, 0.2) is 103 Å². The molecule has 304 valence electrons. The van der Waals surface area contributed by atoms with Crippen molar-refractivity contribution < 1.29 is 29.0 Å². The first-order chi connectivity index (χ1) is 28.0. The maximum atomic E-state index is 15.0. The van der Waals surface area contributed by atoms with E-state index in [1.54, 1.807) is 24.0 Å². The molecule has 3 amide bonds. The normalized spacial score (nSPS) is 23.9. The van der Waals surface area contributed by atoms with E-state index in [1.807, 2.05) is 83.8 Å². The fourth-order valence-electron chi connectivity index (χ4n) is 10.5. The minimum absolute atomic E-state index is 0.0510. The quantitative estimate of drug-likeness (QED) is 0.199. The van der Waals surface area contributed by atoms with Crippen molar-refractivity contribution in [2.45, 2.75) is 68.6 Å². The summed E-state index contributed by atoms with van der Waals surface area (Å²) in [4.78, 5) is 51.6. The lowest BCUT2D eigenvalue weighted by Gasteiger charge is -2.39. The lowest BCUT2D eigenvalue weighted by atomic mass is 9.82. The van der Waals surface area contributed by atoms with Crippen LogP contribution in [0.5, 0.6) is 5.75 Å². The number of carbonyl (C=O) groups is 3. The maximum Gasteiger partial charge on any atom is 0.264 e. The zero-order valence-electron chi connectivity index (χ0n) is 34.2. The standard InChI is InChI=1S/C46H55N5O6Si/c1-32-42(58(4,5)37-19-17-36(56-3)18-20-37)40(29-41(53)49(26-27-52)30-33-12-8-6-9-13-33)57-46(32)38-28-35(16-21-39(38)48(2)44(46)55)50-31-51(34-14-10-7-11-15-34)45(43(50)54)22-24-47-25-23-45/h6-21,28,32,40,42,47,52H,22-27,29-31H2,1-5H3/t32-,40+,42-,46+/m0/s1. The Bertz CT molecular complexity index is 2150. The molecule has 4 aromatic rings. The van der Waals surface area contributed by atoms with E-state index in [-0.39, 0.29) is 48.8 Å². The Morgan fingerprint density at radius 2 is 1.60 bits per heavy atom. The summed E-state index contributed by atoms with van der Waals surface area (Å²) >= 11 is 0. The van der Waals surface area contributed by atoms with Gasteiger partial charge in [-0.1, -0.05) is 85.9 Å². The van der Waals surface area contributed by atoms with Crippen molar-refractivity contribution in [2.75, 3.05) is 61.8 Å². The largest absolute Gasteiger partial charge is 0.497 e. The summed E-state index contributed by atoms with van der Waals surface area (Å²) in [5.74, 6) is 0.182. The average molecular weight is 802 g/mol. The number of aliphatic hydroxyl groups is 1. The number of ether oxygens (including phenoxy) is 2. The molecule has 0 radical (unpaired) electrons. The van der Waals surface area contributed by atoms with E-state index in [0.717, 1.165) is 47.0 Å². The summed E-state index contributed by atoms with van der Waals surface area (Å²) in [6.45, 7) is 8.94. The van der Waals surface area contributed by atoms with Crippen LogP contribution in [0.1, 0.15) is 37.3 Å². The maximum absolute atomic E-state index is 15.0. The molecule has 11 nitrogen and oxygen atoms in total. The molecule has 2 N–H and O–H groups in total. The first-order valence-electron chi connectivity index (χ1n) is 20.5. The molecular weight excluding hydrogens is 747 g/mol. The van der Waals surface area contributed by atoms with Crippen LogP contribution in [0.3, 0.4) is 0 Å². The number of amides is 3. The molecule has 4 atom stereocenters. The van der Waals surface area contributed by atoms with Gasteiger partial charge in [-0.25, -0.2) is 0 Å². The number of carbonyl (C=O) groups excluding carboxylic acids is 3. The zero-order valence-corrected chi connectivity index (χ0v) is 35.2.